The quantitative estimate of drug-likeness (QED) is 0.298. The third-order valence-corrected chi connectivity index (χ3v) is 5.40. The summed E-state index contributed by atoms with van der Waals surface area (Å²) in [6.45, 7) is 6.05. The second kappa shape index (κ2) is 9.53. The molecule has 31 heavy (non-hydrogen) atoms. The number of aromatic nitrogens is 3. The van der Waals surface area contributed by atoms with Gasteiger partial charge in [0.15, 0.2) is 5.82 Å². The van der Waals surface area contributed by atoms with E-state index in [2.05, 4.69) is 94.7 Å². The van der Waals surface area contributed by atoms with Gasteiger partial charge < -0.3 is 4.90 Å². The van der Waals surface area contributed by atoms with Crippen molar-refractivity contribution in [3.05, 3.63) is 100 Å². The number of aryl methyl sites for hydroxylation is 1. The van der Waals surface area contributed by atoms with Crippen LogP contribution in [0.4, 0.5) is 5.69 Å². The minimum atomic E-state index is 0.462. The molecule has 0 unspecified atom stereocenters. The number of hydrogen-bond donors (Lipinski definition) is 1. The fourth-order valence-electron chi connectivity index (χ4n) is 3.37. The number of H-pyrrole nitrogens is 1. The molecule has 0 saturated carbocycles. The smallest absolute Gasteiger partial charge is 0.216 e. The lowest BCUT2D eigenvalue weighted by molar-refractivity contribution is 0.832. The number of rotatable bonds is 7. The summed E-state index contributed by atoms with van der Waals surface area (Å²) in [7, 11) is 0. The molecule has 0 aliphatic heterocycles. The van der Waals surface area contributed by atoms with Crippen molar-refractivity contribution in [3.63, 3.8) is 0 Å². The maximum absolute atomic E-state index is 5.37. The van der Waals surface area contributed by atoms with Gasteiger partial charge in [-0.05, 0) is 49.3 Å². The average Bonchev–Trinajstić information content (AvgIpc) is 3.18. The lowest BCUT2D eigenvalue weighted by atomic mass is 10.1. The minimum Gasteiger partial charge on any atom is -0.367 e. The SMILES string of the molecule is CCN(Cc1ccccc1)c1ccc(/C=N/n2c(-c3ccc(C)cc3)n[nH]c2=S)cc1. The van der Waals surface area contributed by atoms with Crippen LogP contribution in [-0.2, 0) is 6.54 Å². The fourth-order valence-corrected chi connectivity index (χ4v) is 3.55. The van der Waals surface area contributed by atoms with Gasteiger partial charge in [-0.15, -0.1) is 0 Å². The van der Waals surface area contributed by atoms with Gasteiger partial charge in [0.2, 0.25) is 4.77 Å². The van der Waals surface area contributed by atoms with E-state index in [0.29, 0.717) is 10.6 Å². The summed E-state index contributed by atoms with van der Waals surface area (Å²) in [6.07, 6.45) is 1.81. The van der Waals surface area contributed by atoms with Gasteiger partial charge in [0, 0.05) is 24.3 Å². The Morgan fingerprint density at radius 3 is 2.39 bits per heavy atom. The molecule has 6 heteroatoms. The van der Waals surface area contributed by atoms with Crippen molar-refractivity contribution in [3.8, 4) is 11.4 Å². The standard InChI is InChI=1S/C25H25N5S/c1-3-29(18-21-7-5-4-6-8-21)23-15-11-20(12-16-23)17-26-30-24(27-28-25(30)31)22-13-9-19(2)10-14-22/h4-17H,3,18H2,1-2H3,(H,28,31)/b26-17+. The van der Waals surface area contributed by atoms with E-state index in [9.17, 15) is 0 Å². The Morgan fingerprint density at radius 1 is 1.00 bits per heavy atom. The van der Waals surface area contributed by atoms with Gasteiger partial charge in [-0.3, -0.25) is 0 Å². The Kier molecular flexibility index (Phi) is 6.38. The highest BCUT2D eigenvalue weighted by Gasteiger charge is 2.08. The van der Waals surface area contributed by atoms with Crippen LogP contribution in [0.15, 0.2) is 84.0 Å². The molecule has 0 radical (unpaired) electrons. The van der Waals surface area contributed by atoms with E-state index in [0.717, 1.165) is 24.2 Å². The predicted molar refractivity (Wildman–Crippen MR) is 130 cm³/mol. The Morgan fingerprint density at radius 2 is 1.71 bits per heavy atom. The first-order chi connectivity index (χ1) is 15.1. The van der Waals surface area contributed by atoms with E-state index in [1.165, 1.54) is 16.8 Å². The van der Waals surface area contributed by atoms with Crippen molar-refractivity contribution in [2.75, 3.05) is 11.4 Å². The molecule has 0 aliphatic carbocycles. The minimum absolute atomic E-state index is 0.462. The van der Waals surface area contributed by atoms with Crippen LogP contribution in [0.3, 0.4) is 0 Å². The first kappa shape index (κ1) is 20.8. The topological polar surface area (TPSA) is 49.2 Å². The van der Waals surface area contributed by atoms with Crippen LogP contribution in [0.1, 0.15) is 23.6 Å². The van der Waals surface area contributed by atoms with Crippen LogP contribution >= 0.6 is 12.2 Å². The Labute approximate surface area is 187 Å². The van der Waals surface area contributed by atoms with E-state index in [1.54, 1.807) is 10.9 Å². The van der Waals surface area contributed by atoms with Crippen molar-refractivity contribution in [2.45, 2.75) is 20.4 Å². The van der Waals surface area contributed by atoms with Gasteiger partial charge >= 0.3 is 0 Å². The number of nitrogens with one attached hydrogen (secondary N) is 1. The van der Waals surface area contributed by atoms with Crippen LogP contribution in [0, 0.1) is 11.7 Å². The Hall–Kier alpha value is -3.51. The summed E-state index contributed by atoms with van der Waals surface area (Å²) in [5.74, 6) is 0.692. The summed E-state index contributed by atoms with van der Waals surface area (Å²) in [4.78, 5) is 2.35. The molecule has 0 spiro atoms. The van der Waals surface area contributed by atoms with Gasteiger partial charge in [-0.2, -0.15) is 14.9 Å². The van der Waals surface area contributed by atoms with Crippen LogP contribution < -0.4 is 4.90 Å². The second-order valence-corrected chi connectivity index (χ2v) is 7.75. The highest BCUT2D eigenvalue weighted by Crippen LogP contribution is 2.19. The van der Waals surface area contributed by atoms with E-state index >= 15 is 0 Å². The summed E-state index contributed by atoms with van der Waals surface area (Å²) >= 11 is 5.37. The fraction of sp³-hybridized carbons (Fsp3) is 0.160. The molecule has 0 bridgehead atoms. The third kappa shape index (κ3) is 4.98. The maximum Gasteiger partial charge on any atom is 0.216 e. The maximum atomic E-state index is 5.37. The van der Waals surface area contributed by atoms with Crippen LogP contribution in [0.5, 0.6) is 0 Å². The van der Waals surface area contributed by atoms with Gasteiger partial charge in [0.25, 0.3) is 0 Å². The molecule has 156 valence electrons. The van der Waals surface area contributed by atoms with E-state index < -0.39 is 0 Å². The van der Waals surface area contributed by atoms with Gasteiger partial charge in [-0.1, -0.05) is 72.3 Å². The Balaban J connectivity index is 1.52. The number of nitrogens with zero attached hydrogens (tertiary/aromatic N) is 4. The van der Waals surface area contributed by atoms with Crippen LogP contribution in [0.25, 0.3) is 11.4 Å². The Bertz CT molecular complexity index is 1210. The summed E-state index contributed by atoms with van der Waals surface area (Å²) < 4.78 is 2.12. The number of benzene rings is 3. The van der Waals surface area contributed by atoms with Crippen molar-refractivity contribution in [2.24, 2.45) is 5.10 Å². The molecule has 5 nitrogen and oxygen atoms in total. The molecular weight excluding hydrogens is 402 g/mol. The first-order valence-corrected chi connectivity index (χ1v) is 10.7. The lowest BCUT2D eigenvalue weighted by Gasteiger charge is -2.23. The normalized spacial score (nSPS) is 11.2. The zero-order valence-corrected chi connectivity index (χ0v) is 18.5. The molecule has 1 N–H and O–H groups in total. The van der Waals surface area contributed by atoms with Crippen molar-refractivity contribution in [1.29, 1.82) is 0 Å². The van der Waals surface area contributed by atoms with Crippen LogP contribution in [0.2, 0.25) is 0 Å². The van der Waals surface area contributed by atoms with Crippen molar-refractivity contribution < 1.29 is 0 Å². The van der Waals surface area contributed by atoms with Gasteiger partial charge in [0.1, 0.15) is 0 Å². The monoisotopic (exact) mass is 427 g/mol. The van der Waals surface area contributed by atoms with Crippen LogP contribution in [-0.4, -0.2) is 27.6 Å². The number of anilines is 1. The molecule has 0 atom stereocenters. The van der Waals surface area contributed by atoms with Crippen molar-refractivity contribution >= 4 is 24.1 Å². The molecule has 3 aromatic carbocycles. The molecule has 0 amide bonds. The third-order valence-electron chi connectivity index (χ3n) is 5.14. The average molecular weight is 428 g/mol. The van der Waals surface area contributed by atoms with Crippen molar-refractivity contribution in [1.82, 2.24) is 14.9 Å². The molecule has 0 saturated heterocycles. The second-order valence-electron chi connectivity index (χ2n) is 7.37. The van der Waals surface area contributed by atoms with E-state index in [1.807, 2.05) is 18.2 Å². The summed E-state index contributed by atoms with van der Waals surface area (Å²) in [5.41, 5.74) is 5.64. The number of aromatic amines is 1. The van der Waals surface area contributed by atoms with E-state index in [-0.39, 0.29) is 0 Å². The highest BCUT2D eigenvalue weighted by atomic mass is 32.1. The zero-order valence-electron chi connectivity index (χ0n) is 17.7. The molecule has 1 aromatic heterocycles. The van der Waals surface area contributed by atoms with Gasteiger partial charge in [-0.25, -0.2) is 5.10 Å². The lowest BCUT2D eigenvalue weighted by Crippen LogP contribution is -2.21. The predicted octanol–water partition coefficient (Wildman–Crippen LogP) is 5.82. The zero-order chi connectivity index (χ0) is 21.6. The molecular formula is C25H25N5S. The van der Waals surface area contributed by atoms with Gasteiger partial charge in [0.05, 0.1) is 6.21 Å². The summed E-state index contributed by atoms with van der Waals surface area (Å²) in [6, 6.07) is 27.1. The number of hydrogen-bond acceptors (Lipinski definition) is 4. The summed E-state index contributed by atoms with van der Waals surface area (Å²) in [5, 5.41) is 11.8. The molecule has 4 rings (SSSR count). The molecule has 0 fully saturated rings. The molecule has 0 aliphatic rings. The molecule has 4 aromatic rings. The largest absolute Gasteiger partial charge is 0.367 e. The van der Waals surface area contributed by atoms with E-state index in [4.69, 9.17) is 12.2 Å². The first-order valence-electron chi connectivity index (χ1n) is 10.3. The molecule has 1 heterocycles. The highest BCUT2D eigenvalue weighted by molar-refractivity contribution is 7.71.